The maximum Gasteiger partial charge on any atom is 0.251 e. The van der Waals surface area contributed by atoms with Gasteiger partial charge in [-0.05, 0) is 30.2 Å². The van der Waals surface area contributed by atoms with Crippen LogP contribution in [0.1, 0.15) is 21.5 Å². The minimum absolute atomic E-state index is 0.211. The van der Waals surface area contributed by atoms with Crippen molar-refractivity contribution in [2.24, 2.45) is 0 Å². The molecule has 0 atom stereocenters. The highest BCUT2D eigenvalue weighted by atomic mass is 19.1. The normalized spacial score (nSPS) is 10.2. The second-order valence-electron chi connectivity index (χ2n) is 4.21. The first-order chi connectivity index (χ1) is 9.06. The topological polar surface area (TPSA) is 62.0 Å². The molecular formula is C14H13FN2O2. The summed E-state index contributed by atoms with van der Waals surface area (Å²) in [6.07, 6.45) is 1.41. The van der Waals surface area contributed by atoms with Crippen LogP contribution in [0.15, 0.2) is 41.3 Å². The zero-order chi connectivity index (χ0) is 13.8. The molecule has 5 heteroatoms. The quantitative estimate of drug-likeness (QED) is 0.883. The third-order valence-corrected chi connectivity index (χ3v) is 2.73. The lowest BCUT2D eigenvalue weighted by Crippen LogP contribution is -2.24. The van der Waals surface area contributed by atoms with E-state index in [0.717, 1.165) is 0 Å². The Kier molecular flexibility index (Phi) is 3.75. The molecule has 0 bridgehead atoms. The summed E-state index contributed by atoms with van der Waals surface area (Å²) in [6.45, 7) is 1.89. The number of aromatic nitrogens is 1. The predicted octanol–water partition coefficient (Wildman–Crippen LogP) is 1.75. The summed E-state index contributed by atoms with van der Waals surface area (Å²) < 4.78 is 13.3. The SMILES string of the molecule is Cc1ccc(CNC(=O)c2cc[nH]c(=O)c2)cc1F. The second-order valence-corrected chi connectivity index (χ2v) is 4.21. The fourth-order valence-electron chi connectivity index (χ4n) is 1.62. The fourth-order valence-corrected chi connectivity index (χ4v) is 1.62. The van der Waals surface area contributed by atoms with Gasteiger partial charge in [0.1, 0.15) is 5.82 Å². The van der Waals surface area contributed by atoms with Crippen LogP contribution >= 0.6 is 0 Å². The zero-order valence-corrected chi connectivity index (χ0v) is 10.4. The maximum atomic E-state index is 13.3. The van der Waals surface area contributed by atoms with Crippen LogP contribution in [-0.2, 0) is 6.54 Å². The molecule has 0 aliphatic heterocycles. The van der Waals surface area contributed by atoms with Gasteiger partial charge in [0.15, 0.2) is 0 Å². The molecule has 1 heterocycles. The Balaban J connectivity index is 2.04. The highest BCUT2D eigenvalue weighted by molar-refractivity contribution is 5.93. The van der Waals surface area contributed by atoms with Crippen molar-refractivity contribution in [1.29, 1.82) is 0 Å². The van der Waals surface area contributed by atoms with Crippen molar-refractivity contribution < 1.29 is 9.18 Å². The lowest BCUT2D eigenvalue weighted by atomic mass is 10.1. The van der Waals surface area contributed by atoms with E-state index in [1.807, 2.05) is 0 Å². The van der Waals surface area contributed by atoms with Crippen LogP contribution in [0.4, 0.5) is 4.39 Å². The summed E-state index contributed by atoms with van der Waals surface area (Å²) in [5, 5.41) is 2.63. The number of hydrogen-bond donors (Lipinski definition) is 2. The Labute approximate surface area is 109 Å². The molecule has 19 heavy (non-hydrogen) atoms. The second kappa shape index (κ2) is 5.48. The van der Waals surface area contributed by atoms with E-state index in [9.17, 15) is 14.0 Å². The Morgan fingerprint density at radius 3 is 2.79 bits per heavy atom. The Bertz CT molecular complexity index is 664. The van der Waals surface area contributed by atoms with E-state index in [-0.39, 0.29) is 29.4 Å². The highest BCUT2D eigenvalue weighted by Gasteiger charge is 2.06. The van der Waals surface area contributed by atoms with Crippen molar-refractivity contribution >= 4 is 5.91 Å². The highest BCUT2D eigenvalue weighted by Crippen LogP contribution is 2.09. The number of halogens is 1. The molecule has 0 spiro atoms. The van der Waals surface area contributed by atoms with Crippen LogP contribution in [0, 0.1) is 12.7 Å². The van der Waals surface area contributed by atoms with Crippen LogP contribution < -0.4 is 10.9 Å². The van der Waals surface area contributed by atoms with Gasteiger partial charge in [-0.15, -0.1) is 0 Å². The van der Waals surface area contributed by atoms with Gasteiger partial charge in [-0.2, -0.15) is 0 Å². The molecule has 1 aromatic carbocycles. The predicted molar refractivity (Wildman–Crippen MR) is 69.4 cm³/mol. The summed E-state index contributed by atoms with van der Waals surface area (Å²) in [7, 11) is 0. The number of aryl methyl sites for hydroxylation is 1. The first kappa shape index (κ1) is 13.0. The summed E-state index contributed by atoms with van der Waals surface area (Å²) in [5.74, 6) is -0.671. The maximum absolute atomic E-state index is 13.3. The summed E-state index contributed by atoms with van der Waals surface area (Å²) >= 11 is 0. The molecule has 2 aromatic rings. The van der Waals surface area contributed by atoms with Crippen LogP contribution in [0.3, 0.4) is 0 Å². The Hall–Kier alpha value is -2.43. The molecule has 1 amide bonds. The van der Waals surface area contributed by atoms with Crippen LogP contribution in [-0.4, -0.2) is 10.9 Å². The average molecular weight is 260 g/mol. The number of hydrogen-bond acceptors (Lipinski definition) is 2. The van der Waals surface area contributed by atoms with E-state index in [4.69, 9.17) is 0 Å². The van der Waals surface area contributed by atoms with Crippen molar-refractivity contribution in [3.8, 4) is 0 Å². The van der Waals surface area contributed by atoms with Crippen molar-refractivity contribution in [3.63, 3.8) is 0 Å². The summed E-state index contributed by atoms with van der Waals surface area (Å²) in [5.41, 5.74) is 1.16. The van der Waals surface area contributed by atoms with Gasteiger partial charge in [0.2, 0.25) is 5.56 Å². The van der Waals surface area contributed by atoms with E-state index in [1.54, 1.807) is 19.1 Å². The molecule has 0 saturated carbocycles. The molecule has 0 fully saturated rings. The number of amides is 1. The van der Waals surface area contributed by atoms with Gasteiger partial charge in [0.05, 0.1) is 0 Å². The first-order valence-corrected chi connectivity index (χ1v) is 5.78. The van der Waals surface area contributed by atoms with Crippen molar-refractivity contribution in [3.05, 3.63) is 69.4 Å². The minimum Gasteiger partial charge on any atom is -0.348 e. The molecule has 1 aromatic heterocycles. The zero-order valence-electron chi connectivity index (χ0n) is 10.4. The molecule has 0 aliphatic carbocycles. The third-order valence-electron chi connectivity index (χ3n) is 2.73. The Morgan fingerprint density at radius 1 is 1.32 bits per heavy atom. The number of carbonyl (C=O) groups is 1. The van der Waals surface area contributed by atoms with E-state index >= 15 is 0 Å². The monoisotopic (exact) mass is 260 g/mol. The van der Waals surface area contributed by atoms with E-state index in [0.29, 0.717) is 11.1 Å². The van der Waals surface area contributed by atoms with Crippen LogP contribution in [0.25, 0.3) is 0 Å². The van der Waals surface area contributed by atoms with E-state index < -0.39 is 0 Å². The number of nitrogens with one attached hydrogen (secondary N) is 2. The molecule has 2 N–H and O–H groups in total. The van der Waals surface area contributed by atoms with Gasteiger partial charge in [-0.3, -0.25) is 9.59 Å². The number of benzene rings is 1. The lowest BCUT2D eigenvalue weighted by Gasteiger charge is -2.06. The average Bonchev–Trinajstić information content (AvgIpc) is 2.40. The molecule has 98 valence electrons. The number of pyridine rings is 1. The molecule has 2 rings (SSSR count). The van der Waals surface area contributed by atoms with Crippen LogP contribution in [0.2, 0.25) is 0 Å². The molecule has 0 radical (unpaired) electrons. The largest absolute Gasteiger partial charge is 0.348 e. The third kappa shape index (κ3) is 3.28. The first-order valence-electron chi connectivity index (χ1n) is 5.78. The van der Waals surface area contributed by atoms with Gasteiger partial charge in [0, 0.05) is 24.4 Å². The van der Waals surface area contributed by atoms with E-state index in [1.165, 1.54) is 24.4 Å². The standard InChI is InChI=1S/C14H13FN2O2/c1-9-2-3-10(6-12(9)15)8-17-14(19)11-4-5-16-13(18)7-11/h2-7H,8H2,1H3,(H,16,18)(H,17,19). The smallest absolute Gasteiger partial charge is 0.251 e. The fraction of sp³-hybridized carbons (Fsp3) is 0.143. The van der Waals surface area contributed by atoms with Gasteiger partial charge >= 0.3 is 0 Å². The summed E-state index contributed by atoms with van der Waals surface area (Å²) in [6, 6.07) is 7.51. The van der Waals surface area contributed by atoms with Gasteiger partial charge in [-0.1, -0.05) is 12.1 Å². The number of carbonyl (C=O) groups excluding carboxylic acids is 1. The van der Waals surface area contributed by atoms with Gasteiger partial charge < -0.3 is 10.3 Å². The Morgan fingerprint density at radius 2 is 2.11 bits per heavy atom. The molecule has 0 saturated heterocycles. The van der Waals surface area contributed by atoms with E-state index in [2.05, 4.69) is 10.3 Å². The molecule has 4 nitrogen and oxygen atoms in total. The van der Waals surface area contributed by atoms with Crippen molar-refractivity contribution in [1.82, 2.24) is 10.3 Å². The summed E-state index contributed by atoms with van der Waals surface area (Å²) in [4.78, 5) is 25.3. The lowest BCUT2D eigenvalue weighted by molar-refractivity contribution is 0.0950. The van der Waals surface area contributed by atoms with Crippen molar-refractivity contribution in [2.75, 3.05) is 0 Å². The number of rotatable bonds is 3. The number of aromatic amines is 1. The minimum atomic E-state index is -0.368. The van der Waals surface area contributed by atoms with Gasteiger partial charge in [0.25, 0.3) is 5.91 Å². The molecular weight excluding hydrogens is 247 g/mol. The molecule has 0 unspecified atom stereocenters. The van der Waals surface area contributed by atoms with Crippen molar-refractivity contribution in [2.45, 2.75) is 13.5 Å². The van der Waals surface area contributed by atoms with Gasteiger partial charge in [-0.25, -0.2) is 4.39 Å². The number of H-pyrrole nitrogens is 1. The van der Waals surface area contributed by atoms with Crippen LogP contribution in [0.5, 0.6) is 0 Å². The molecule has 0 aliphatic rings.